The van der Waals surface area contributed by atoms with Crippen LogP contribution >= 0.6 is 34.7 Å². The highest BCUT2D eigenvalue weighted by molar-refractivity contribution is 7.99. The maximum Gasteiger partial charge on any atom is 0.341 e. The van der Waals surface area contributed by atoms with Gasteiger partial charge in [0.2, 0.25) is 5.91 Å². The number of hydrogen-bond donors (Lipinski definition) is 1. The quantitative estimate of drug-likeness (QED) is 0.434. The zero-order valence-corrected chi connectivity index (χ0v) is 18.8. The van der Waals surface area contributed by atoms with E-state index in [9.17, 15) is 9.59 Å². The van der Waals surface area contributed by atoms with Gasteiger partial charge in [-0.2, -0.15) is 0 Å². The van der Waals surface area contributed by atoms with Gasteiger partial charge in [-0.1, -0.05) is 29.4 Å². The van der Waals surface area contributed by atoms with E-state index in [-0.39, 0.29) is 11.7 Å². The minimum absolute atomic E-state index is 0.126. The molecule has 0 aliphatic heterocycles. The van der Waals surface area contributed by atoms with Crippen molar-refractivity contribution in [1.29, 1.82) is 0 Å². The van der Waals surface area contributed by atoms with Crippen molar-refractivity contribution >= 4 is 51.6 Å². The number of amides is 1. The van der Waals surface area contributed by atoms with Crippen LogP contribution in [-0.2, 0) is 22.4 Å². The third kappa shape index (κ3) is 4.10. The van der Waals surface area contributed by atoms with E-state index in [2.05, 4.69) is 15.5 Å². The number of esters is 1. The molecule has 3 aromatic rings. The lowest BCUT2D eigenvalue weighted by Crippen LogP contribution is -2.16. The molecule has 0 saturated carbocycles. The van der Waals surface area contributed by atoms with Crippen LogP contribution in [0, 0.1) is 6.92 Å². The number of carbonyl (C=O) groups excluding carboxylic acids is 2. The molecule has 1 amide bonds. The highest BCUT2D eigenvalue weighted by Crippen LogP contribution is 2.39. The zero-order chi connectivity index (χ0) is 21.3. The first-order valence-corrected chi connectivity index (χ1v) is 11.5. The number of carbonyl (C=O) groups is 2. The normalized spacial score (nSPS) is 12.6. The third-order valence-electron chi connectivity index (χ3n) is 4.85. The molecule has 7 nitrogen and oxygen atoms in total. The number of thioether (sulfide) groups is 1. The Morgan fingerprint density at radius 2 is 2.20 bits per heavy atom. The number of fused-ring (bicyclic) bond motifs is 1. The molecule has 0 atom stereocenters. The predicted octanol–water partition coefficient (Wildman–Crippen LogP) is 4.30. The molecule has 1 aliphatic carbocycles. The van der Waals surface area contributed by atoms with Crippen molar-refractivity contribution in [2.45, 2.75) is 31.3 Å². The monoisotopic (exact) mass is 462 g/mol. The number of halogens is 1. The van der Waals surface area contributed by atoms with Gasteiger partial charge in [-0.3, -0.25) is 9.36 Å². The van der Waals surface area contributed by atoms with Crippen molar-refractivity contribution in [3.8, 4) is 5.69 Å². The first kappa shape index (κ1) is 20.9. The highest BCUT2D eigenvalue weighted by Gasteiger charge is 2.28. The number of ether oxygens (including phenoxy) is 1. The number of thiophene rings is 1. The molecule has 2 heterocycles. The fraction of sp³-hybridized carbons (Fsp3) is 0.300. The van der Waals surface area contributed by atoms with Crippen LogP contribution in [0.2, 0.25) is 5.02 Å². The molecule has 0 spiro atoms. The van der Waals surface area contributed by atoms with E-state index in [0.29, 0.717) is 20.7 Å². The van der Waals surface area contributed by atoms with Crippen LogP contribution in [0.25, 0.3) is 5.69 Å². The maximum atomic E-state index is 12.6. The Morgan fingerprint density at radius 3 is 2.97 bits per heavy atom. The summed E-state index contributed by atoms with van der Waals surface area (Å²) >= 11 is 8.94. The van der Waals surface area contributed by atoms with Crippen molar-refractivity contribution in [2.24, 2.45) is 0 Å². The number of anilines is 1. The largest absolute Gasteiger partial charge is 0.465 e. The maximum absolute atomic E-state index is 12.6. The highest BCUT2D eigenvalue weighted by atomic mass is 35.5. The summed E-state index contributed by atoms with van der Waals surface area (Å²) in [6, 6.07) is 5.67. The van der Waals surface area contributed by atoms with E-state index in [1.165, 1.54) is 30.2 Å². The Labute approximate surface area is 186 Å². The first-order valence-electron chi connectivity index (χ1n) is 9.30. The topological polar surface area (TPSA) is 86.1 Å². The van der Waals surface area contributed by atoms with Crippen LogP contribution in [0.15, 0.2) is 29.7 Å². The molecule has 0 saturated heterocycles. The van der Waals surface area contributed by atoms with Crippen LogP contribution in [-0.4, -0.2) is 39.5 Å². The van der Waals surface area contributed by atoms with Crippen molar-refractivity contribution in [3.05, 3.63) is 51.1 Å². The Morgan fingerprint density at radius 1 is 1.37 bits per heavy atom. The van der Waals surface area contributed by atoms with Gasteiger partial charge in [-0.25, -0.2) is 4.79 Å². The summed E-state index contributed by atoms with van der Waals surface area (Å²) in [7, 11) is 1.35. The standard InChI is InChI=1S/C20H19ClN4O3S2/c1-11-6-7-12(8-14(11)21)25-10-22-24-20(25)29-9-16(26)23-18-17(19(27)28-2)13-4-3-5-15(13)30-18/h6-8,10H,3-5,9H2,1-2H3,(H,23,26). The van der Waals surface area contributed by atoms with Crippen molar-refractivity contribution in [1.82, 2.24) is 14.8 Å². The number of hydrogen-bond acceptors (Lipinski definition) is 7. The molecule has 0 radical (unpaired) electrons. The Hall–Kier alpha value is -2.36. The molecule has 0 bridgehead atoms. The second kappa shape index (κ2) is 8.79. The molecule has 10 heteroatoms. The van der Waals surface area contributed by atoms with Crippen LogP contribution in [0.1, 0.15) is 32.8 Å². The first-order chi connectivity index (χ1) is 14.5. The molecule has 156 valence electrons. The van der Waals surface area contributed by atoms with Crippen molar-refractivity contribution in [2.75, 3.05) is 18.2 Å². The molecule has 1 aromatic carbocycles. The SMILES string of the molecule is COC(=O)c1c(NC(=O)CSc2nncn2-c2ccc(C)c(Cl)c2)sc2c1CCC2. The van der Waals surface area contributed by atoms with Crippen LogP contribution < -0.4 is 5.32 Å². The number of nitrogens with one attached hydrogen (secondary N) is 1. The number of rotatable bonds is 6. The van der Waals surface area contributed by atoms with Gasteiger partial charge < -0.3 is 10.1 Å². The third-order valence-corrected chi connectivity index (χ3v) is 7.40. The molecular formula is C20H19ClN4O3S2. The average molecular weight is 463 g/mol. The fourth-order valence-electron chi connectivity index (χ4n) is 3.33. The number of aromatic nitrogens is 3. The van der Waals surface area contributed by atoms with Gasteiger partial charge in [-0.05, 0) is 49.4 Å². The Kier molecular flexibility index (Phi) is 6.12. The number of nitrogens with zero attached hydrogens (tertiary/aromatic N) is 3. The molecule has 0 fully saturated rings. The van der Waals surface area contributed by atoms with Gasteiger partial charge in [-0.15, -0.1) is 21.5 Å². The van der Waals surface area contributed by atoms with E-state index in [4.69, 9.17) is 16.3 Å². The summed E-state index contributed by atoms with van der Waals surface area (Å²) in [5.74, 6) is -0.503. The molecule has 4 rings (SSSR count). The molecule has 1 aliphatic rings. The molecular weight excluding hydrogens is 444 g/mol. The van der Waals surface area contributed by atoms with Gasteiger partial charge in [0, 0.05) is 9.90 Å². The summed E-state index contributed by atoms with van der Waals surface area (Å²) in [6.45, 7) is 1.93. The molecule has 30 heavy (non-hydrogen) atoms. The van der Waals surface area contributed by atoms with E-state index < -0.39 is 5.97 Å². The molecule has 1 N–H and O–H groups in total. The molecule has 2 aromatic heterocycles. The van der Waals surface area contributed by atoms with Gasteiger partial charge in [0.05, 0.1) is 24.1 Å². The van der Waals surface area contributed by atoms with E-state index in [1.54, 1.807) is 10.9 Å². The van der Waals surface area contributed by atoms with Gasteiger partial charge in [0.15, 0.2) is 5.16 Å². The van der Waals surface area contributed by atoms with Crippen LogP contribution in [0.4, 0.5) is 5.00 Å². The number of aryl methyl sites for hydroxylation is 2. The average Bonchev–Trinajstić information content (AvgIpc) is 3.44. The van der Waals surface area contributed by atoms with E-state index in [1.807, 2.05) is 25.1 Å². The minimum Gasteiger partial charge on any atom is -0.465 e. The number of benzene rings is 1. The van der Waals surface area contributed by atoms with Crippen LogP contribution in [0.5, 0.6) is 0 Å². The zero-order valence-electron chi connectivity index (χ0n) is 16.4. The second-order valence-electron chi connectivity index (χ2n) is 6.81. The van der Waals surface area contributed by atoms with Gasteiger partial charge >= 0.3 is 5.97 Å². The summed E-state index contributed by atoms with van der Waals surface area (Å²) in [5, 5.41) is 12.7. The summed E-state index contributed by atoms with van der Waals surface area (Å²) in [4.78, 5) is 26.0. The summed E-state index contributed by atoms with van der Waals surface area (Å²) in [6.07, 6.45) is 4.37. The number of methoxy groups -OCH3 is 1. The second-order valence-corrected chi connectivity index (χ2v) is 9.26. The van der Waals surface area contributed by atoms with E-state index >= 15 is 0 Å². The lowest BCUT2D eigenvalue weighted by molar-refractivity contribution is -0.113. The lowest BCUT2D eigenvalue weighted by atomic mass is 10.1. The summed E-state index contributed by atoms with van der Waals surface area (Å²) < 4.78 is 6.70. The molecule has 0 unspecified atom stereocenters. The summed E-state index contributed by atoms with van der Waals surface area (Å²) in [5.41, 5.74) is 3.30. The minimum atomic E-state index is -0.409. The predicted molar refractivity (Wildman–Crippen MR) is 118 cm³/mol. The lowest BCUT2D eigenvalue weighted by Gasteiger charge is -2.09. The van der Waals surface area contributed by atoms with Crippen molar-refractivity contribution < 1.29 is 14.3 Å². The Bertz CT molecular complexity index is 1130. The van der Waals surface area contributed by atoms with Gasteiger partial charge in [0.25, 0.3) is 0 Å². The van der Waals surface area contributed by atoms with Gasteiger partial charge in [0.1, 0.15) is 11.3 Å². The fourth-order valence-corrected chi connectivity index (χ4v) is 5.53. The van der Waals surface area contributed by atoms with Crippen LogP contribution in [0.3, 0.4) is 0 Å². The van der Waals surface area contributed by atoms with E-state index in [0.717, 1.165) is 41.0 Å². The smallest absolute Gasteiger partial charge is 0.341 e. The Balaban J connectivity index is 1.46. The van der Waals surface area contributed by atoms with Crippen molar-refractivity contribution in [3.63, 3.8) is 0 Å².